The highest BCUT2D eigenvalue weighted by Gasteiger charge is 2.17. The molecule has 0 aliphatic heterocycles. The first-order chi connectivity index (χ1) is 8.95. The van der Waals surface area contributed by atoms with E-state index in [-0.39, 0.29) is 5.41 Å². The summed E-state index contributed by atoms with van der Waals surface area (Å²) in [4.78, 5) is 0. The monoisotopic (exact) mass is 256 g/mol. The second kappa shape index (κ2) is 3.85. The molecule has 0 unspecified atom stereocenters. The summed E-state index contributed by atoms with van der Waals surface area (Å²) >= 11 is 0. The van der Waals surface area contributed by atoms with Crippen LogP contribution in [0.5, 0.6) is 0 Å². The van der Waals surface area contributed by atoms with Crippen molar-refractivity contribution in [1.29, 1.82) is 0 Å². The Kier molecular flexibility index (Phi) is 2.38. The third-order valence-corrected chi connectivity index (χ3v) is 3.10. The zero-order valence-electron chi connectivity index (χ0n) is 11.2. The van der Waals surface area contributed by atoms with Crippen LogP contribution in [0.2, 0.25) is 0 Å². The van der Waals surface area contributed by atoms with Crippen LogP contribution < -0.4 is 5.73 Å². The van der Waals surface area contributed by atoms with Gasteiger partial charge in [0, 0.05) is 11.6 Å². The third kappa shape index (κ3) is 1.97. The Labute approximate surface area is 111 Å². The maximum Gasteiger partial charge on any atom is 0.174 e. The smallest absolute Gasteiger partial charge is 0.174 e. The molecule has 3 aromatic rings. The van der Waals surface area contributed by atoms with Crippen molar-refractivity contribution in [1.82, 2.24) is 14.9 Å². The fourth-order valence-corrected chi connectivity index (χ4v) is 1.96. The lowest BCUT2D eigenvalue weighted by atomic mass is 9.93. The van der Waals surface area contributed by atoms with E-state index in [1.807, 2.05) is 35.1 Å². The predicted octanol–water partition coefficient (Wildman–Crippen LogP) is 2.89. The van der Waals surface area contributed by atoms with Crippen molar-refractivity contribution >= 4 is 16.8 Å². The van der Waals surface area contributed by atoms with E-state index < -0.39 is 0 Å². The summed E-state index contributed by atoms with van der Waals surface area (Å²) in [6.07, 6.45) is 1.95. The molecule has 0 aliphatic carbocycles. The molecule has 98 valence electrons. The molecule has 0 fully saturated rings. The topological polar surface area (TPSA) is 69.9 Å². The first-order valence-corrected chi connectivity index (χ1v) is 6.16. The van der Waals surface area contributed by atoms with E-state index in [1.54, 1.807) is 0 Å². The lowest BCUT2D eigenvalue weighted by Crippen LogP contribution is -2.12. The summed E-state index contributed by atoms with van der Waals surface area (Å²) in [7, 11) is 0. The first-order valence-electron chi connectivity index (χ1n) is 6.16. The van der Waals surface area contributed by atoms with Crippen molar-refractivity contribution in [2.24, 2.45) is 0 Å². The molecule has 1 aromatic carbocycles. The van der Waals surface area contributed by atoms with E-state index in [9.17, 15) is 0 Å². The molecule has 2 heterocycles. The SMILES string of the molecule is CC(C)(C)c1ccn(-c2ccc3onc(N)c3c2)n1. The number of hydrogen-bond donors (Lipinski definition) is 1. The van der Waals surface area contributed by atoms with Gasteiger partial charge in [-0.25, -0.2) is 4.68 Å². The predicted molar refractivity (Wildman–Crippen MR) is 74.2 cm³/mol. The molecule has 0 bridgehead atoms. The Hall–Kier alpha value is -2.30. The highest BCUT2D eigenvalue weighted by molar-refractivity contribution is 5.88. The van der Waals surface area contributed by atoms with Gasteiger partial charge < -0.3 is 10.3 Å². The summed E-state index contributed by atoms with van der Waals surface area (Å²) in [5, 5.41) is 9.16. The van der Waals surface area contributed by atoms with Crippen molar-refractivity contribution in [2.45, 2.75) is 26.2 Å². The van der Waals surface area contributed by atoms with Crippen molar-refractivity contribution in [3.63, 3.8) is 0 Å². The fraction of sp³-hybridized carbons (Fsp3) is 0.286. The number of nitrogens with zero attached hydrogens (tertiary/aromatic N) is 3. The molecule has 0 radical (unpaired) electrons. The average molecular weight is 256 g/mol. The fourth-order valence-electron chi connectivity index (χ4n) is 1.96. The Balaban J connectivity index is 2.08. The molecule has 19 heavy (non-hydrogen) atoms. The third-order valence-electron chi connectivity index (χ3n) is 3.10. The summed E-state index contributed by atoms with van der Waals surface area (Å²) < 4.78 is 6.93. The van der Waals surface area contributed by atoms with E-state index in [0.29, 0.717) is 11.4 Å². The summed E-state index contributed by atoms with van der Waals surface area (Å²) in [5.74, 6) is 0.403. The van der Waals surface area contributed by atoms with Gasteiger partial charge in [0.1, 0.15) is 0 Å². The second-order valence-corrected chi connectivity index (χ2v) is 5.64. The van der Waals surface area contributed by atoms with Crippen LogP contribution in [0.4, 0.5) is 5.82 Å². The highest BCUT2D eigenvalue weighted by atomic mass is 16.5. The van der Waals surface area contributed by atoms with Gasteiger partial charge in [0.25, 0.3) is 0 Å². The standard InChI is InChI=1S/C14H16N4O/c1-14(2,3)12-6-7-18(16-12)9-4-5-11-10(8-9)13(15)17-19-11/h4-8H,1-3H3,(H2,15,17). The number of anilines is 1. The van der Waals surface area contributed by atoms with Crippen molar-refractivity contribution < 1.29 is 4.52 Å². The van der Waals surface area contributed by atoms with Gasteiger partial charge in [-0.3, -0.25) is 0 Å². The summed E-state index contributed by atoms with van der Waals surface area (Å²) in [6, 6.07) is 7.75. The molecule has 5 nitrogen and oxygen atoms in total. The first kappa shape index (κ1) is 11.8. The van der Waals surface area contributed by atoms with Crippen LogP contribution in [-0.4, -0.2) is 14.9 Å². The number of nitrogen functional groups attached to an aromatic ring is 1. The minimum Gasteiger partial charge on any atom is -0.380 e. The number of rotatable bonds is 1. The molecule has 5 heteroatoms. The molecular weight excluding hydrogens is 240 g/mol. The van der Waals surface area contributed by atoms with E-state index in [2.05, 4.69) is 31.0 Å². The highest BCUT2D eigenvalue weighted by Crippen LogP contribution is 2.25. The number of fused-ring (bicyclic) bond motifs is 1. The molecule has 0 saturated carbocycles. The molecule has 2 aromatic heterocycles. The lowest BCUT2D eigenvalue weighted by molar-refractivity contribution is 0.460. The molecular formula is C14H16N4O. The minimum atomic E-state index is 0.0333. The minimum absolute atomic E-state index is 0.0333. The molecule has 2 N–H and O–H groups in total. The number of aromatic nitrogens is 3. The normalized spacial score (nSPS) is 12.2. The van der Waals surface area contributed by atoms with Crippen LogP contribution in [0.15, 0.2) is 35.0 Å². The van der Waals surface area contributed by atoms with Gasteiger partial charge in [0.15, 0.2) is 11.4 Å². The Morgan fingerprint density at radius 3 is 2.68 bits per heavy atom. The Morgan fingerprint density at radius 1 is 1.21 bits per heavy atom. The Bertz CT molecular complexity index is 733. The zero-order chi connectivity index (χ0) is 13.6. The average Bonchev–Trinajstić information content (AvgIpc) is 2.96. The van der Waals surface area contributed by atoms with E-state index in [0.717, 1.165) is 16.8 Å². The number of benzene rings is 1. The molecule has 3 rings (SSSR count). The summed E-state index contributed by atoms with van der Waals surface area (Å²) in [6.45, 7) is 6.42. The van der Waals surface area contributed by atoms with Crippen LogP contribution in [0.3, 0.4) is 0 Å². The maximum atomic E-state index is 5.76. The molecule has 0 spiro atoms. The van der Waals surface area contributed by atoms with Gasteiger partial charge in [0.2, 0.25) is 0 Å². The number of hydrogen-bond acceptors (Lipinski definition) is 4. The molecule has 0 atom stereocenters. The van der Waals surface area contributed by atoms with E-state index >= 15 is 0 Å². The van der Waals surface area contributed by atoms with Crippen LogP contribution >= 0.6 is 0 Å². The quantitative estimate of drug-likeness (QED) is 0.726. The largest absolute Gasteiger partial charge is 0.380 e. The molecule has 0 amide bonds. The van der Waals surface area contributed by atoms with Gasteiger partial charge in [-0.2, -0.15) is 5.10 Å². The van der Waals surface area contributed by atoms with Gasteiger partial charge in [-0.1, -0.05) is 25.9 Å². The molecule has 0 saturated heterocycles. The van der Waals surface area contributed by atoms with Crippen LogP contribution in [0.1, 0.15) is 26.5 Å². The van der Waals surface area contributed by atoms with E-state index in [1.165, 1.54) is 0 Å². The summed E-state index contributed by atoms with van der Waals surface area (Å²) in [5.41, 5.74) is 8.47. The van der Waals surface area contributed by atoms with Crippen LogP contribution in [0, 0.1) is 0 Å². The Morgan fingerprint density at radius 2 is 2.00 bits per heavy atom. The van der Waals surface area contributed by atoms with Gasteiger partial charge in [0.05, 0.1) is 16.8 Å². The zero-order valence-corrected chi connectivity index (χ0v) is 11.2. The van der Waals surface area contributed by atoms with Crippen molar-refractivity contribution in [3.8, 4) is 5.69 Å². The maximum absolute atomic E-state index is 5.76. The van der Waals surface area contributed by atoms with E-state index in [4.69, 9.17) is 10.3 Å². The van der Waals surface area contributed by atoms with Gasteiger partial charge in [-0.05, 0) is 24.3 Å². The molecule has 0 aliphatic rings. The van der Waals surface area contributed by atoms with Crippen LogP contribution in [-0.2, 0) is 5.41 Å². The van der Waals surface area contributed by atoms with Crippen molar-refractivity contribution in [2.75, 3.05) is 5.73 Å². The second-order valence-electron chi connectivity index (χ2n) is 5.64. The van der Waals surface area contributed by atoms with Gasteiger partial charge >= 0.3 is 0 Å². The number of nitrogens with two attached hydrogens (primary N) is 1. The lowest BCUT2D eigenvalue weighted by Gasteiger charge is -2.14. The van der Waals surface area contributed by atoms with Gasteiger partial charge in [-0.15, -0.1) is 0 Å². The van der Waals surface area contributed by atoms with Crippen molar-refractivity contribution in [3.05, 3.63) is 36.2 Å². The van der Waals surface area contributed by atoms with Crippen LogP contribution in [0.25, 0.3) is 16.7 Å².